The van der Waals surface area contributed by atoms with Crippen LogP contribution in [0.2, 0.25) is 0 Å². The molecule has 1 aliphatic carbocycles. The number of alkyl halides is 3. The third-order valence-electron chi connectivity index (χ3n) is 6.61. The molecule has 0 atom stereocenters. The lowest BCUT2D eigenvalue weighted by Crippen LogP contribution is -2.22. The van der Waals surface area contributed by atoms with Crippen molar-refractivity contribution in [2.75, 3.05) is 6.26 Å². The van der Waals surface area contributed by atoms with Gasteiger partial charge in [-0.3, -0.25) is 9.35 Å². The summed E-state index contributed by atoms with van der Waals surface area (Å²) in [6.07, 6.45) is -1.10. The Hall–Kier alpha value is -3.93. The molecule has 1 aliphatic rings. The maximum Gasteiger partial charge on any atom is 0.458 e. The summed E-state index contributed by atoms with van der Waals surface area (Å²) < 4.78 is 81.4. The van der Waals surface area contributed by atoms with E-state index < -0.39 is 39.5 Å². The first-order valence-corrected chi connectivity index (χ1v) is 15.6. The van der Waals surface area contributed by atoms with Gasteiger partial charge in [-0.05, 0) is 71.2 Å². The molecule has 2 aromatic heterocycles. The number of hydrogen-bond acceptors (Lipinski definition) is 5. The van der Waals surface area contributed by atoms with E-state index in [9.17, 15) is 36.1 Å². The van der Waals surface area contributed by atoms with Gasteiger partial charge in [-0.1, -0.05) is 12.0 Å². The fourth-order valence-electron chi connectivity index (χ4n) is 4.46. The van der Waals surface area contributed by atoms with Crippen LogP contribution in [0.15, 0.2) is 46.7 Å². The number of carbonyl (C=O) groups is 1. The number of rotatable bonds is 8. The van der Waals surface area contributed by atoms with Crippen LogP contribution in [0, 0.1) is 29.4 Å². The van der Waals surface area contributed by atoms with Crippen LogP contribution in [0.5, 0.6) is 0 Å². The summed E-state index contributed by atoms with van der Waals surface area (Å²) in [5.74, 6) is 0.255. The zero-order valence-electron chi connectivity index (χ0n) is 21.9. The predicted molar refractivity (Wildman–Crippen MR) is 148 cm³/mol. The van der Waals surface area contributed by atoms with Crippen molar-refractivity contribution in [1.29, 1.82) is 0 Å². The van der Waals surface area contributed by atoms with Crippen LogP contribution in [0.1, 0.15) is 45.7 Å². The van der Waals surface area contributed by atoms with E-state index in [2.05, 4.69) is 10.1 Å². The average Bonchev–Trinajstić information content (AvgIpc) is 3.45. The molecule has 0 aliphatic heterocycles. The Bertz CT molecular complexity index is 1810. The van der Waals surface area contributed by atoms with E-state index in [4.69, 9.17) is 5.14 Å². The molecule has 0 saturated heterocycles. The first-order chi connectivity index (χ1) is 19.7. The third kappa shape index (κ3) is 6.59. The van der Waals surface area contributed by atoms with Gasteiger partial charge in [-0.2, -0.15) is 18.3 Å². The number of aromatic nitrogens is 3. The standard InChI is InChI=1S/C28H23F5N4O3S2/c1-42(34,40)24-7-4-16(11-21(24)30)10-19-23(12-15-2-3-15)37(27-35-22(14-41-27)26(38)39)36-25(19)18-5-6-20(29)17(13-18)8-9-28(31,32)33/h4-7,11,13-15,42H,2-3,10,12H2,1H3,(H2,34,40)(H,38,39). The van der Waals surface area contributed by atoms with Gasteiger partial charge in [-0.25, -0.2) is 23.2 Å². The molecule has 2 aromatic carbocycles. The number of carboxylic acid groups (broad SMARTS) is 1. The van der Waals surface area contributed by atoms with Gasteiger partial charge in [0, 0.05) is 35.1 Å². The molecule has 1 fully saturated rings. The van der Waals surface area contributed by atoms with Gasteiger partial charge in [0.15, 0.2) is 5.69 Å². The maximum atomic E-state index is 14.9. The topological polar surface area (TPSA) is 111 Å². The molecule has 2 heterocycles. The second-order valence-corrected chi connectivity index (χ2v) is 13.3. The van der Waals surface area contributed by atoms with Gasteiger partial charge < -0.3 is 5.11 Å². The molecule has 3 N–H and O–H groups in total. The van der Waals surface area contributed by atoms with Crippen molar-refractivity contribution in [2.45, 2.75) is 36.8 Å². The van der Waals surface area contributed by atoms with E-state index in [1.54, 1.807) is 6.07 Å². The summed E-state index contributed by atoms with van der Waals surface area (Å²) in [5.41, 5.74) is 1.50. The minimum Gasteiger partial charge on any atom is -0.476 e. The van der Waals surface area contributed by atoms with Crippen LogP contribution in [0.4, 0.5) is 22.0 Å². The van der Waals surface area contributed by atoms with Crippen LogP contribution in [0.25, 0.3) is 16.4 Å². The molecule has 0 radical (unpaired) electrons. The molecule has 0 bridgehead atoms. The van der Waals surface area contributed by atoms with E-state index in [1.807, 2.05) is 5.92 Å². The zero-order valence-corrected chi connectivity index (χ0v) is 23.6. The Labute approximate surface area is 241 Å². The van der Waals surface area contributed by atoms with Crippen molar-refractivity contribution in [3.8, 4) is 28.2 Å². The number of halogens is 5. The fourth-order valence-corrected chi connectivity index (χ4v) is 6.09. The third-order valence-corrected chi connectivity index (χ3v) is 8.75. The van der Waals surface area contributed by atoms with E-state index in [0.717, 1.165) is 42.2 Å². The molecule has 5 rings (SSSR count). The summed E-state index contributed by atoms with van der Waals surface area (Å²) in [7, 11) is -3.38. The first kappa shape index (κ1) is 29.6. The molecule has 0 amide bonds. The second kappa shape index (κ2) is 11.0. The van der Waals surface area contributed by atoms with E-state index in [1.165, 1.54) is 34.5 Å². The van der Waals surface area contributed by atoms with Crippen molar-refractivity contribution in [3.63, 3.8) is 0 Å². The SMILES string of the molecule is C[SH](N)(=O)c1ccc(Cc2c(-c3ccc(F)c(C#CC(F)(F)F)c3)nn(-c3nc(C(=O)O)cs3)c2CC2CC2)cc1F. The number of aromatic carboxylic acids is 1. The molecule has 220 valence electrons. The summed E-state index contributed by atoms with van der Waals surface area (Å²) in [6.45, 7) is 0. The number of nitrogens with two attached hydrogens (primary N) is 1. The summed E-state index contributed by atoms with van der Waals surface area (Å²) in [6, 6.07) is 7.61. The van der Waals surface area contributed by atoms with Gasteiger partial charge in [-0.15, -0.1) is 11.3 Å². The van der Waals surface area contributed by atoms with Gasteiger partial charge in [0.25, 0.3) is 0 Å². The van der Waals surface area contributed by atoms with Gasteiger partial charge >= 0.3 is 12.1 Å². The summed E-state index contributed by atoms with van der Waals surface area (Å²) in [5, 5.41) is 21.3. The minimum atomic E-state index is -4.83. The highest BCUT2D eigenvalue weighted by Gasteiger charge is 2.30. The van der Waals surface area contributed by atoms with Crippen molar-refractivity contribution >= 4 is 27.4 Å². The van der Waals surface area contributed by atoms with Crippen LogP contribution >= 0.6 is 11.3 Å². The largest absolute Gasteiger partial charge is 0.476 e. The molecular weight excluding hydrogens is 599 g/mol. The first-order valence-electron chi connectivity index (χ1n) is 12.5. The Kier molecular flexibility index (Phi) is 7.78. The van der Waals surface area contributed by atoms with Crippen molar-refractivity contribution in [3.05, 3.63) is 81.5 Å². The number of thiol groups is 1. The Morgan fingerprint density at radius 1 is 1.19 bits per heavy atom. The minimum absolute atomic E-state index is 0.0886. The highest BCUT2D eigenvalue weighted by molar-refractivity contribution is 8.00. The Balaban J connectivity index is 1.70. The number of carboxylic acids is 1. The van der Waals surface area contributed by atoms with Crippen molar-refractivity contribution < 1.29 is 36.1 Å². The van der Waals surface area contributed by atoms with Crippen molar-refractivity contribution in [2.24, 2.45) is 11.1 Å². The lowest BCUT2D eigenvalue weighted by Gasteiger charge is -2.15. The number of hydrogen-bond donors (Lipinski definition) is 3. The molecule has 4 aromatic rings. The van der Waals surface area contributed by atoms with Crippen LogP contribution in [-0.2, 0) is 23.0 Å². The average molecular weight is 623 g/mol. The molecule has 0 unspecified atom stereocenters. The molecular formula is C28H23F5N4O3S2. The molecule has 14 heteroatoms. The highest BCUT2D eigenvalue weighted by atomic mass is 32.3. The maximum absolute atomic E-state index is 14.9. The Morgan fingerprint density at radius 3 is 2.52 bits per heavy atom. The van der Waals surface area contributed by atoms with E-state index in [-0.39, 0.29) is 33.4 Å². The summed E-state index contributed by atoms with van der Waals surface area (Å²) >= 11 is 1.04. The van der Waals surface area contributed by atoms with Gasteiger partial charge in [0.2, 0.25) is 5.13 Å². The molecule has 1 saturated carbocycles. The lowest BCUT2D eigenvalue weighted by molar-refractivity contribution is -0.0696. The highest BCUT2D eigenvalue weighted by Crippen LogP contribution is 2.38. The van der Waals surface area contributed by atoms with Crippen LogP contribution in [-0.4, -0.2) is 42.5 Å². The lowest BCUT2D eigenvalue weighted by atomic mass is 9.96. The van der Waals surface area contributed by atoms with Crippen LogP contribution < -0.4 is 5.14 Å². The van der Waals surface area contributed by atoms with Crippen molar-refractivity contribution in [1.82, 2.24) is 14.8 Å². The number of benzene rings is 2. The zero-order chi connectivity index (χ0) is 30.4. The predicted octanol–water partition coefficient (Wildman–Crippen LogP) is 5.31. The molecule has 42 heavy (non-hydrogen) atoms. The normalized spacial score (nSPS) is 14.0. The second-order valence-electron chi connectivity index (χ2n) is 10.0. The van der Waals surface area contributed by atoms with Gasteiger partial charge in [0.1, 0.15) is 11.6 Å². The molecule has 7 nitrogen and oxygen atoms in total. The van der Waals surface area contributed by atoms with Gasteiger partial charge in [0.05, 0.1) is 21.8 Å². The number of thiazole rings is 1. The fraction of sp³-hybridized carbons (Fsp3) is 0.250. The summed E-state index contributed by atoms with van der Waals surface area (Å²) in [4.78, 5) is 15.6. The number of nitrogens with zero attached hydrogens (tertiary/aromatic N) is 3. The van der Waals surface area contributed by atoms with E-state index in [0.29, 0.717) is 29.2 Å². The molecule has 0 spiro atoms. The monoisotopic (exact) mass is 622 g/mol. The quantitative estimate of drug-likeness (QED) is 0.140. The van der Waals surface area contributed by atoms with E-state index >= 15 is 0 Å². The van der Waals surface area contributed by atoms with Crippen LogP contribution in [0.3, 0.4) is 0 Å². The smallest absolute Gasteiger partial charge is 0.458 e. The Morgan fingerprint density at radius 2 is 1.93 bits per heavy atom.